The van der Waals surface area contributed by atoms with Gasteiger partial charge in [0, 0.05) is 19.7 Å². The van der Waals surface area contributed by atoms with Gasteiger partial charge in [0.2, 0.25) is 0 Å². The van der Waals surface area contributed by atoms with Crippen LogP contribution in [0.2, 0.25) is 0 Å². The number of nitrogens with one attached hydrogen (secondary N) is 1. The Kier molecular flexibility index (Phi) is 4.47. The number of nitrogens with zero attached hydrogens (tertiary/aromatic N) is 3. The molecule has 0 radical (unpaired) electrons. The number of hydrogen-bond donors (Lipinski definition) is 1. The highest BCUT2D eigenvalue weighted by atomic mass is 16.6. The number of nitro benzene ring substituents is 1. The van der Waals surface area contributed by atoms with E-state index >= 15 is 0 Å². The van der Waals surface area contributed by atoms with Gasteiger partial charge in [0.1, 0.15) is 5.69 Å². The zero-order chi connectivity index (χ0) is 18.0. The fourth-order valence-corrected chi connectivity index (χ4v) is 2.78. The normalized spacial score (nSPS) is 10.8. The first-order valence-electron chi connectivity index (χ1n) is 7.94. The number of nitro groups is 1. The SMILES string of the molecule is CCc1ccc(CN(C)c2cc3nc[nH]c(=O)c3cc2[N+](=O)[O-])cc1. The Balaban J connectivity index is 2.01. The molecule has 0 spiro atoms. The second kappa shape index (κ2) is 6.72. The van der Waals surface area contributed by atoms with E-state index < -0.39 is 10.5 Å². The summed E-state index contributed by atoms with van der Waals surface area (Å²) in [5.74, 6) is 0. The van der Waals surface area contributed by atoms with E-state index in [0.717, 1.165) is 12.0 Å². The number of anilines is 1. The maximum absolute atomic E-state index is 11.9. The number of aryl methyl sites for hydroxylation is 1. The van der Waals surface area contributed by atoms with Gasteiger partial charge in [-0.2, -0.15) is 0 Å². The summed E-state index contributed by atoms with van der Waals surface area (Å²) in [7, 11) is 1.79. The summed E-state index contributed by atoms with van der Waals surface area (Å²) in [5, 5.41) is 11.7. The molecule has 2 aromatic carbocycles. The molecule has 0 bridgehead atoms. The van der Waals surface area contributed by atoms with Crippen molar-refractivity contribution in [2.24, 2.45) is 0 Å². The second-order valence-corrected chi connectivity index (χ2v) is 5.87. The molecule has 0 fully saturated rings. The zero-order valence-electron chi connectivity index (χ0n) is 14.0. The summed E-state index contributed by atoms with van der Waals surface area (Å²) in [6, 6.07) is 11.0. The van der Waals surface area contributed by atoms with Crippen molar-refractivity contribution in [3.05, 3.63) is 74.3 Å². The van der Waals surface area contributed by atoms with Crippen LogP contribution in [-0.4, -0.2) is 21.9 Å². The van der Waals surface area contributed by atoms with Crippen LogP contribution in [0.1, 0.15) is 18.1 Å². The lowest BCUT2D eigenvalue weighted by Gasteiger charge is -2.19. The largest absolute Gasteiger partial charge is 0.365 e. The number of rotatable bonds is 5. The summed E-state index contributed by atoms with van der Waals surface area (Å²) in [6.45, 7) is 2.60. The Labute approximate surface area is 144 Å². The number of aromatic nitrogens is 2. The average Bonchev–Trinajstić information content (AvgIpc) is 2.61. The van der Waals surface area contributed by atoms with Crippen molar-refractivity contribution in [2.75, 3.05) is 11.9 Å². The average molecular weight is 338 g/mol. The van der Waals surface area contributed by atoms with Crippen LogP contribution in [0.25, 0.3) is 10.9 Å². The first-order valence-corrected chi connectivity index (χ1v) is 7.94. The van der Waals surface area contributed by atoms with E-state index in [9.17, 15) is 14.9 Å². The standard InChI is InChI=1S/C18H18N4O3/c1-3-12-4-6-13(7-5-12)10-21(2)16-9-15-14(8-17(16)22(24)25)18(23)20-11-19-15/h4-9,11H,3,10H2,1-2H3,(H,19,20,23). The molecule has 128 valence electrons. The molecule has 1 aromatic heterocycles. The molecule has 3 aromatic rings. The van der Waals surface area contributed by atoms with E-state index in [0.29, 0.717) is 17.7 Å². The third kappa shape index (κ3) is 3.35. The minimum absolute atomic E-state index is 0.112. The van der Waals surface area contributed by atoms with Crippen LogP contribution in [-0.2, 0) is 13.0 Å². The van der Waals surface area contributed by atoms with Crippen molar-refractivity contribution in [2.45, 2.75) is 19.9 Å². The van der Waals surface area contributed by atoms with Crippen LogP contribution in [0, 0.1) is 10.1 Å². The maximum atomic E-state index is 11.9. The van der Waals surface area contributed by atoms with Crippen LogP contribution < -0.4 is 10.5 Å². The molecule has 0 unspecified atom stereocenters. The highest BCUT2D eigenvalue weighted by Gasteiger charge is 2.20. The molecule has 1 heterocycles. The smallest absolute Gasteiger partial charge is 0.293 e. The van der Waals surface area contributed by atoms with Crippen molar-refractivity contribution in [1.29, 1.82) is 0 Å². The lowest BCUT2D eigenvalue weighted by Crippen LogP contribution is -2.18. The van der Waals surface area contributed by atoms with E-state index in [4.69, 9.17) is 0 Å². The monoisotopic (exact) mass is 338 g/mol. The molecule has 0 atom stereocenters. The molecule has 0 aliphatic carbocycles. The van der Waals surface area contributed by atoms with E-state index in [2.05, 4.69) is 29.0 Å². The molecular weight excluding hydrogens is 320 g/mol. The number of fused-ring (bicyclic) bond motifs is 1. The van der Waals surface area contributed by atoms with Gasteiger partial charge in [-0.15, -0.1) is 0 Å². The summed E-state index contributed by atoms with van der Waals surface area (Å²) >= 11 is 0. The van der Waals surface area contributed by atoms with Gasteiger partial charge in [-0.05, 0) is 23.6 Å². The van der Waals surface area contributed by atoms with E-state index in [1.54, 1.807) is 18.0 Å². The van der Waals surface area contributed by atoms with Crippen molar-refractivity contribution in [3.8, 4) is 0 Å². The van der Waals surface area contributed by atoms with Gasteiger partial charge >= 0.3 is 0 Å². The molecule has 0 saturated carbocycles. The predicted octanol–water partition coefficient (Wildman–Crippen LogP) is 3.03. The van der Waals surface area contributed by atoms with Gasteiger partial charge < -0.3 is 9.88 Å². The number of aromatic amines is 1. The van der Waals surface area contributed by atoms with Crippen LogP contribution in [0.4, 0.5) is 11.4 Å². The first-order chi connectivity index (χ1) is 12.0. The van der Waals surface area contributed by atoms with Gasteiger partial charge in [0.15, 0.2) is 0 Å². The fraction of sp³-hybridized carbons (Fsp3) is 0.222. The molecule has 0 aliphatic heterocycles. The Morgan fingerprint density at radius 2 is 1.88 bits per heavy atom. The zero-order valence-corrected chi connectivity index (χ0v) is 14.0. The lowest BCUT2D eigenvalue weighted by molar-refractivity contribution is -0.384. The minimum atomic E-state index is -0.474. The molecule has 1 N–H and O–H groups in total. The van der Waals surface area contributed by atoms with E-state index in [1.807, 2.05) is 12.1 Å². The third-order valence-electron chi connectivity index (χ3n) is 4.20. The molecular formula is C18H18N4O3. The molecule has 3 rings (SSSR count). The highest BCUT2D eigenvalue weighted by Crippen LogP contribution is 2.31. The van der Waals surface area contributed by atoms with Gasteiger partial charge in [-0.25, -0.2) is 4.98 Å². The Bertz CT molecular complexity index is 980. The highest BCUT2D eigenvalue weighted by molar-refractivity contribution is 5.86. The number of benzene rings is 2. The second-order valence-electron chi connectivity index (χ2n) is 5.87. The lowest BCUT2D eigenvalue weighted by atomic mass is 10.1. The minimum Gasteiger partial charge on any atom is -0.365 e. The van der Waals surface area contributed by atoms with Crippen molar-refractivity contribution in [1.82, 2.24) is 9.97 Å². The summed E-state index contributed by atoms with van der Waals surface area (Å²) in [6.07, 6.45) is 2.26. The summed E-state index contributed by atoms with van der Waals surface area (Å²) in [5.41, 5.74) is 2.64. The first kappa shape index (κ1) is 16.6. The van der Waals surface area contributed by atoms with Crippen LogP contribution in [0.3, 0.4) is 0 Å². The van der Waals surface area contributed by atoms with Gasteiger partial charge in [0.05, 0.1) is 22.2 Å². The van der Waals surface area contributed by atoms with Crippen molar-refractivity contribution >= 4 is 22.3 Å². The predicted molar refractivity (Wildman–Crippen MR) is 96.9 cm³/mol. The molecule has 0 saturated heterocycles. The third-order valence-corrected chi connectivity index (χ3v) is 4.20. The van der Waals surface area contributed by atoms with Gasteiger partial charge in [-0.1, -0.05) is 31.2 Å². The number of hydrogen-bond acceptors (Lipinski definition) is 5. The summed E-state index contributed by atoms with van der Waals surface area (Å²) < 4.78 is 0. The van der Waals surface area contributed by atoms with Gasteiger partial charge in [0.25, 0.3) is 11.2 Å². The van der Waals surface area contributed by atoms with Crippen molar-refractivity contribution in [3.63, 3.8) is 0 Å². The molecule has 0 aliphatic rings. The maximum Gasteiger partial charge on any atom is 0.293 e. The van der Waals surface area contributed by atoms with Crippen LogP contribution in [0.15, 0.2) is 47.5 Å². The Morgan fingerprint density at radius 3 is 2.52 bits per heavy atom. The number of H-pyrrole nitrogens is 1. The van der Waals surface area contributed by atoms with Crippen LogP contribution >= 0.6 is 0 Å². The summed E-state index contributed by atoms with van der Waals surface area (Å²) in [4.78, 5) is 31.2. The van der Waals surface area contributed by atoms with Crippen LogP contribution in [0.5, 0.6) is 0 Å². The fourth-order valence-electron chi connectivity index (χ4n) is 2.78. The topological polar surface area (TPSA) is 92.1 Å². The van der Waals surface area contributed by atoms with E-state index in [-0.39, 0.29) is 11.1 Å². The quantitative estimate of drug-likeness (QED) is 0.570. The van der Waals surface area contributed by atoms with E-state index in [1.165, 1.54) is 18.0 Å². The molecule has 7 nitrogen and oxygen atoms in total. The molecule has 7 heteroatoms. The Hall–Kier alpha value is -3.22. The van der Waals surface area contributed by atoms with Gasteiger partial charge in [-0.3, -0.25) is 14.9 Å². The molecule has 25 heavy (non-hydrogen) atoms. The Morgan fingerprint density at radius 1 is 1.20 bits per heavy atom. The van der Waals surface area contributed by atoms with Crippen molar-refractivity contribution < 1.29 is 4.92 Å². The molecule has 0 amide bonds.